The molecule has 0 amide bonds. The molecule has 0 saturated heterocycles. The molecule has 6 nitrogen and oxygen atoms in total. The summed E-state index contributed by atoms with van der Waals surface area (Å²) in [6.07, 6.45) is 0.673. The number of nitro benzene ring substituents is 1. The van der Waals surface area contributed by atoms with E-state index in [4.69, 9.17) is 5.11 Å². The molecule has 2 N–H and O–H groups in total. The third-order valence-electron chi connectivity index (χ3n) is 3.24. The van der Waals surface area contributed by atoms with Crippen LogP contribution in [-0.4, -0.2) is 22.0 Å². The summed E-state index contributed by atoms with van der Waals surface area (Å²) in [5, 5.41) is 22.4. The van der Waals surface area contributed by atoms with Gasteiger partial charge in [-0.1, -0.05) is 20.3 Å². The second-order valence-electron chi connectivity index (χ2n) is 4.62. The molecule has 0 fully saturated rings. The van der Waals surface area contributed by atoms with Crippen LogP contribution in [0, 0.1) is 21.8 Å². The molecule has 0 aliphatic heterocycles. The zero-order valence-electron chi connectivity index (χ0n) is 11.3. The van der Waals surface area contributed by atoms with E-state index in [0.717, 1.165) is 6.07 Å². The lowest BCUT2D eigenvalue weighted by Crippen LogP contribution is -2.41. The van der Waals surface area contributed by atoms with Crippen LogP contribution < -0.4 is 5.32 Å². The normalized spacial score (nSPS) is 13.8. The topological polar surface area (TPSA) is 92.5 Å². The van der Waals surface area contributed by atoms with Crippen molar-refractivity contribution in [1.29, 1.82) is 0 Å². The van der Waals surface area contributed by atoms with Gasteiger partial charge in [0.2, 0.25) is 0 Å². The van der Waals surface area contributed by atoms with Crippen molar-refractivity contribution >= 4 is 11.7 Å². The van der Waals surface area contributed by atoms with Crippen LogP contribution in [0.3, 0.4) is 0 Å². The average molecular weight is 284 g/mol. The molecule has 110 valence electrons. The molecule has 0 spiro atoms. The Morgan fingerprint density at radius 2 is 2.20 bits per heavy atom. The van der Waals surface area contributed by atoms with E-state index >= 15 is 0 Å². The van der Waals surface area contributed by atoms with Gasteiger partial charge in [-0.15, -0.1) is 0 Å². The van der Waals surface area contributed by atoms with Gasteiger partial charge in [0.15, 0.2) is 0 Å². The number of aliphatic carboxylic acids is 1. The van der Waals surface area contributed by atoms with Gasteiger partial charge in [-0.3, -0.25) is 20.2 Å². The average Bonchev–Trinajstić information content (AvgIpc) is 2.39. The predicted molar refractivity (Wildman–Crippen MR) is 70.8 cm³/mol. The van der Waals surface area contributed by atoms with Crippen LogP contribution in [-0.2, 0) is 11.3 Å². The first-order chi connectivity index (χ1) is 9.36. The van der Waals surface area contributed by atoms with Gasteiger partial charge in [0.05, 0.1) is 11.0 Å². The number of carboxylic acids is 1. The maximum atomic E-state index is 13.7. The third kappa shape index (κ3) is 3.99. The summed E-state index contributed by atoms with van der Waals surface area (Å²) < 4.78 is 13.7. The molecule has 0 saturated carbocycles. The SMILES string of the molecule is CC[C@H](C)[C@H](NCc1ccc([N+](=O)[O-])cc1F)C(=O)O. The highest BCUT2D eigenvalue weighted by atomic mass is 19.1. The number of nitro groups is 1. The van der Waals surface area contributed by atoms with Crippen LogP contribution in [0.25, 0.3) is 0 Å². The lowest BCUT2D eigenvalue weighted by Gasteiger charge is -2.20. The van der Waals surface area contributed by atoms with E-state index in [1.807, 2.05) is 6.92 Å². The van der Waals surface area contributed by atoms with Crippen molar-refractivity contribution in [3.8, 4) is 0 Å². The lowest BCUT2D eigenvalue weighted by molar-refractivity contribution is -0.385. The van der Waals surface area contributed by atoms with Crippen LogP contribution in [0.1, 0.15) is 25.8 Å². The molecule has 1 rings (SSSR count). The van der Waals surface area contributed by atoms with Crippen molar-refractivity contribution in [2.75, 3.05) is 0 Å². The maximum absolute atomic E-state index is 13.7. The highest BCUT2D eigenvalue weighted by Crippen LogP contribution is 2.17. The molecule has 0 aliphatic rings. The van der Waals surface area contributed by atoms with Crippen LogP contribution in [0.15, 0.2) is 18.2 Å². The lowest BCUT2D eigenvalue weighted by atomic mass is 9.99. The van der Waals surface area contributed by atoms with Gasteiger partial charge >= 0.3 is 5.97 Å². The fraction of sp³-hybridized carbons (Fsp3) is 0.462. The number of non-ortho nitro benzene ring substituents is 1. The Balaban J connectivity index is 2.78. The van der Waals surface area contributed by atoms with E-state index in [1.54, 1.807) is 6.92 Å². The summed E-state index contributed by atoms with van der Waals surface area (Å²) in [6, 6.07) is 2.53. The Bertz CT molecular complexity index is 507. The number of hydrogen-bond acceptors (Lipinski definition) is 4. The summed E-state index contributed by atoms with van der Waals surface area (Å²) >= 11 is 0. The van der Waals surface area contributed by atoms with E-state index in [2.05, 4.69) is 5.32 Å². The second kappa shape index (κ2) is 6.95. The molecular weight excluding hydrogens is 267 g/mol. The molecule has 0 radical (unpaired) electrons. The quantitative estimate of drug-likeness (QED) is 0.592. The Hall–Kier alpha value is -2.02. The number of carbonyl (C=O) groups is 1. The van der Waals surface area contributed by atoms with E-state index in [1.165, 1.54) is 12.1 Å². The van der Waals surface area contributed by atoms with Gasteiger partial charge in [-0.25, -0.2) is 4.39 Å². The summed E-state index contributed by atoms with van der Waals surface area (Å²) in [4.78, 5) is 20.9. The van der Waals surface area contributed by atoms with Crippen molar-refractivity contribution in [2.45, 2.75) is 32.9 Å². The fourth-order valence-electron chi connectivity index (χ4n) is 1.78. The standard InChI is InChI=1S/C13H17FN2O4/c1-3-8(2)12(13(17)18)15-7-9-4-5-10(16(19)20)6-11(9)14/h4-6,8,12,15H,3,7H2,1-2H3,(H,17,18)/t8-,12-/m0/s1. The smallest absolute Gasteiger partial charge is 0.320 e. The summed E-state index contributed by atoms with van der Waals surface area (Å²) in [5.41, 5.74) is -0.131. The van der Waals surface area contributed by atoms with Crippen LogP contribution >= 0.6 is 0 Å². The first kappa shape index (κ1) is 16.0. The first-order valence-corrected chi connectivity index (χ1v) is 6.25. The second-order valence-corrected chi connectivity index (χ2v) is 4.62. The van der Waals surface area contributed by atoms with Gasteiger partial charge in [-0.2, -0.15) is 0 Å². The number of hydrogen-bond donors (Lipinski definition) is 2. The van der Waals surface area contributed by atoms with Crippen molar-refractivity contribution < 1.29 is 19.2 Å². The largest absolute Gasteiger partial charge is 0.480 e. The molecule has 2 atom stereocenters. The van der Waals surface area contributed by atoms with Gasteiger partial charge in [-0.05, 0) is 12.0 Å². The molecule has 7 heteroatoms. The van der Waals surface area contributed by atoms with Crippen molar-refractivity contribution in [1.82, 2.24) is 5.32 Å². The highest BCUT2D eigenvalue weighted by molar-refractivity contribution is 5.73. The van der Waals surface area contributed by atoms with E-state index in [-0.39, 0.29) is 23.7 Å². The Morgan fingerprint density at radius 3 is 2.65 bits per heavy atom. The molecule has 0 heterocycles. The molecule has 0 aromatic heterocycles. The Kier molecular flexibility index (Phi) is 5.57. The van der Waals surface area contributed by atoms with E-state index in [9.17, 15) is 19.3 Å². The van der Waals surface area contributed by atoms with E-state index in [0.29, 0.717) is 6.42 Å². The van der Waals surface area contributed by atoms with Crippen molar-refractivity contribution in [2.24, 2.45) is 5.92 Å². The minimum Gasteiger partial charge on any atom is -0.480 e. The monoisotopic (exact) mass is 284 g/mol. The third-order valence-corrected chi connectivity index (χ3v) is 3.24. The summed E-state index contributed by atoms with van der Waals surface area (Å²) in [5.74, 6) is -1.82. The summed E-state index contributed by atoms with van der Waals surface area (Å²) in [7, 11) is 0. The summed E-state index contributed by atoms with van der Waals surface area (Å²) in [6.45, 7) is 3.66. The number of halogens is 1. The number of nitrogens with zero attached hydrogens (tertiary/aromatic N) is 1. The molecular formula is C13H17FN2O4. The van der Waals surface area contributed by atoms with Gasteiger partial charge < -0.3 is 5.11 Å². The number of benzene rings is 1. The molecule has 0 aliphatic carbocycles. The van der Waals surface area contributed by atoms with Gasteiger partial charge in [0, 0.05) is 18.2 Å². The highest BCUT2D eigenvalue weighted by Gasteiger charge is 2.23. The zero-order valence-corrected chi connectivity index (χ0v) is 11.3. The fourth-order valence-corrected chi connectivity index (χ4v) is 1.78. The van der Waals surface area contributed by atoms with Crippen molar-refractivity contribution in [3.05, 3.63) is 39.7 Å². The van der Waals surface area contributed by atoms with E-state index < -0.39 is 22.8 Å². The van der Waals surface area contributed by atoms with Gasteiger partial charge in [0.25, 0.3) is 5.69 Å². The predicted octanol–water partition coefficient (Wildman–Crippen LogP) is 2.32. The Morgan fingerprint density at radius 1 is 1.55 bits per heavy atom. The van der Waals surface area contributed by atoms with Crippen LogP contribution in [0.2, 0.25) is 0 Å². The van der Waals surface area contributed by atoms with Crippen LogP contribution in [0.4, 0.5) is 10.1 Å². The Labute approximate surface area is 115 Å². The zero-order chi connectivity index (χ0) is 15.3. The first-order valence-electron chi connectivity index (χ1n) is 6.25. The van der Waals surface area contributed by atoms with Gasteiger partial charge in [0.1, 0.15) is 11.9 Å². The molecule has 1 aromatic rings. The molecule has 20 heavy (non-hydrogen) atoms. The number of rotatable bonds is 7. The molecule has 0 unspecified atom stereocenters. The minimum atomic E-state index is -0.998. The molecule has 1 aromatic carbocycles. The van der Waals surface area contributed by atoms with Crippen LogP contribution in [0.5, 0.6) is 0 Å². The molecule has 0 bridgehead atoms. The number of nitrogens with one attached hydrogen (secondary N) is 1. The van der Waals surface area contributed by atoms with Crippen molar-refractivity contribution in [3.63, 3.8) is 0 Å². The number of carboxylic acid groups (broad SMARTS) is 1. The maximum Gasteiger partial charge on any atom is 0.320 e. The minimum absolute atomic E-state index is 0.00509.